The molecule has 0 aromatic carbocycles. The molecule has 0 unspecified atom stereocenters. The van der Waals surface area contributed by atoms with Crippen LogP contribution in [0.3, 0.4) is 0 Å². The summed E-state index contributed by atoms with van der Waals surface area (Å²) in [5, 5.41) is 6.65. The molecule has 0 bridgehead atoms. The quantitative estimate of drug-likeness (QED) is 0.649. The predicted octanol–water partition coefficient (Wildman–Crippen LogP) is 1.49. The van der Waals surface area contributed by atoms with Crippen LogP contribution in [-0.2, 0) is 10.2 Å². The van der Waals surface area contributed by atoms with Gasteiger partial charge < -0.3 is 4.79 Å². The minimum Gasteiger partial charge on any atom is -0.302 e. The summed E-state index contributed by atoms with van der Waals surface area (Å²) in [4.78, 5) is 10.6. The van der Waals surface area contributed by atoms with Crippen molar-refractivity contribution in [2.45, 2.75) is 19.3 Å². The number of aromatic nitrogens is 2. The van der Waals surface area contributed by atoms with Gasteiger partial charge in [0.25, 0.3) is 0 Å². The van der Waals surface area contributed by atoms with Gasteiger partial charge in [0.05, 0.1) is 20.9 Å². The molecule has 0 saturated carbocycles. The summed E-state index contributed by atoms with van der Waals surface area (Å²) < 4.78 is 1.000. The molecule has 0 saturated heterocycles. The highest BCUT2D eigenvalue weighted by Crippen LogP contribution is 2.22. The van der Waals surface area contributed by atoms with Gasteiger partial charge in [0, 0.05) is 0 Å². The van der Waals surface area contributed by atoms with E-state index in [4.69, 9.17) is 0 Å². The standard InChI is InChI=1S/C7H9IN2O/c1-7(2,4-11)6-5(8)3-9-10-6/h3-4H,1-2H3,(H,9,10). The van der Waals surface area contributed by atoms with Gasteiger partial charge in [-0.05, 0) is 36.4 Å². The minimum atomic E-state index is -0.451. The summed E-state index contributed by atoms with van der Waals surface area (Å²) in [5.41, 5.74) is 0.431. The Morgan fingerprint density at radius 3 is 2.73 bits per heavy atom. The zero-order valence-corrected chi connectivity index (χ0v) is 8.55. The van der Waals surface area contributed by atoms with Gasteiger partial charge in [0.1, 0.15) is 6.29 Å². The van der Waals surface area contributed by atoms with E-state index >= 15 is 0 Å². The first kappa shape index (κ1) is 8.70. The Labute approximate surface area is 78.7 Å². The zero-order chi connectivity index (χ0) is 8.48. The number of nitrogens with one attached hydrogen (secondary N) is 1. The van der Waals surface area contributed by atoms with Crippen molar-refractivity contribution in [1.82, 2.24) is 10.2 Å². The van der Waals surface area contributed by atoms with E-state index in [1.807, 2.05) is 13.8 Å². The van der Waals surface area contributed by atoms with Gasteiger partial charge in [-0.15, -0.1) is 0 Å². The van der Waals surface area contributed by atoms with Gasteiger partial charge in [0.15, 0.2) is 0 Å². The Hall–Kier alpha value is -0.390. The Balaban J connectivity index is 3.10. The van der Waals surface area contributed by atoms with Gasteiger partial charge in [-0.2, -0.15) is 5.10 Å². The topological polar surface area (TPSA) is 45.8 Å². The van der Waals surface area contributed by atoms with Gasteiger partial charge >= 0.3 is 0 Å². The molecule has 0 aliphatic heterocycles. The zero-order valence-electron chi connectivity index (χ0n) is 6.39. The van der Waals surface area contributed by atoms with E-state index in [1.165, 1.54) is 0 Å². The lowest BCUT2D eigenvalue weighted by Gasteiger charge is -2.14. The van der Waals surface area contributed by atoms with E-state index in [-0.39, 0.29) is 0 Å². The summed E-state index contributed by atoms with van der Waals surface area (Å²) >= 11 is 2.15. The largest absolute Gasteiger partial charge is 0.302 e. The lowest BCUT2D eigenvalue weighted by molar-refractivity contribution is -0.111. The molecule has 1 rings (SSSR count). The number of aldehydes is 1. The summed E-state index contributed by atoms with van der Waals surface area (Å²) in [5.74, 6) is 0. The van der Waals surface area contributed by atoms with E-state index in [2.05, 4.69) is 32.8 Å². The molecule has 3 nitrogen and oxygen atoms in total. The molecule has 11 heavy (non-hydrogen) atoms. The predicted molar refractivity (Wildman–Crippen MR) is 50.4 cm³/mol. The van der Waals surface area contributed by atoms with E-state index in [0.717, 1.165) is 15.6 Å². The fourth-order valence-corrected chi connectivity index (χ4v) is 1.74. The molecule has 0 aliphatic rings. The molecule has 1 aromatic heterocycles. The highest BCUT2D eigenvalue weighted by atomic mass is 127. The molecule has 1 heterocycles. The van der Waals surface area contributed by atoms with E-state index in [1.54, 1.807) is 6.20 Å². The third kappa shape index (κ3) is 1.61. The maximum Gasteiger partial charge on any atom is 0.131 e. The molecule has 4 heteroatoms. The number of carbonyl (C=O) groups is 1. The molecule has 0 amide bonds. The number of carbonyl (C=O) groups excluding carboxylic acids is 1. The maximum atomic E-state index is 10.6. The van der Waals surface area contributed by atoms with Crippen LogP contribution < -0.4 is 0 Å². The van der Waals surface area contributed by atoms with Gasteiger partial charge in [-0.25, -0.2) is 0 Å². The van der Waals surface area contributed by atoms with Crippen LogP contribution in [0, 0.1) is 3.57 Å². The SMILES string of the molecule is CC(C)(C=O)c1[nH]ncc1I. The first-order valence-corrected chi connectivity index (χ1v) is 4.31. The van der Waals surface area contributed by atoms with E-state index in [9.17, 15) is 4.79 Å². The highest BCUT2D eigenvalue weighted by molar-refractivity contribution is 14.1. The normalized spacial score (nSPS) is 11.5. The molecule has 0 aliphatic carbocycles. The summed E-state index contributed by atoms with van der Waals surface area (Å²) in [7, 11) is 0. The van der Waals surface area contributed by atoms with E-state index in [0.29, 0.717) is 0 Å². The monoisotopic (exact) mass is 264 g/mol. The molecule has 1 aromatic rings. The van der Waals surface area contributed by atoms with Gasteiger partial charge in [-0.1, -0.05) is 0 Å². The van der Waals surface area contributed by atoms with Crippen LogP contribution in [0.1, 0.15) is 19.5 Å². The molecule has 0 atom stereocenters. The minimum absolute atomic E-state index is 0.451. The Kier molecular flexibility index (Phi) is 2.31. The second-order valence-corrected chi connectivity index (χ2v) is 4.09. The van der Waals surface area contributed by atoms with Gasteiger partial charge in [-0.3, -0.25) is 5.10 Å². The summed E-state index contributed by atoms with van der Waals surface area (Å²) in [6.45, 7) is 3.71. The lowest BCUT2D eigenvalue weighted by atomic mass is 9.92. The van der Waals surface area contributed by atoms with Crippen LogP contribution in [0.15, 0.2) is 6.20 Å². The molecule has 0 spiro atoms. The van der Waals surface area contributed by atoms with Crippen LogP contribution in [-0.4, -0.2) is 16.5 Å². The molecule has 0 radical (unpaired) electrons. The molecular weight excluding hydrogens is 255 g/mol. The first-order chi connectivity index (χ1) is 5.08. The van der Waals surface area contributed by atoms with Crippen LogP contribution in [0.25, 0.3) is 0 Å². The first-order valence-electron chi connectivity index (χ1n) is 3.23. The second-order valence-electron chi connectivity index (χ2n) is 2.93. The number of rotatable bonds is 2. The van der Waals surface area contributed by atoms with Crippen molar-refractivity contribution in [3.8, 4) is 0 Å². The van der Waals surface area contributed by atoms with Crippen LogP contribution >= 0.6 is 22.6 Å². The average molecular weight is 264 g/mol. The van der Waals surface area contributed by atoms with Crippen molar-refractivity contribution < 1.29 is 4.79 Å². The number of halogens is 1. The smallest absolute Gasteiger partial charge is 0.131 e. The van der Waals surface area contributed by atoms with Crippen LogP contribution in [0.4, 0.5) is 0 Å². The lowest BCUT2D eigenvalue weighted by Crippen LogP contribution is -2.20. The Bertz CT molecular complexity index is 267. The number of nitrogens with zero attached hydrogens (tertiary/aromatic N) is 1. The van der Waals surface area contributed by atoms with E-state index < -0.39 is 5.41 Å². The molecular formula is C7H9IN2O. The van der Waals surface area contributed by atoms with Crippen molar-refractivity contribution in [2.75, 3.05) is 0 Å². The van der Waals surface area contributed by atoms with Gasteiger partial charge in [0.2, 0.25) is 0 Å². The number of hydrogen-bond donors (Lipinski definition) is 1. The number of aromatic amines is 1. The molecule has 0 fully saturated rings. The van der Waals surface area contributed by atoms with Crippen LogP contribution in [0.5, 0.6) is 0 Å². The van der Waals surface area contributed by atoms with Crippen molar-refractivity contribution >= 4 is 28.9 Å². The summed E-state index contributed by atoms with van der Waals surface area (Å²) in [6, 6.07) is 0. The summed E-state index contributed by atoms with van der Waals surface area (Å²) in [6.07, 6.45) is 2.63. The molecule has 60 valence electrons. The Morgan fingerprint density at radius 1 is 1.73 bits per heavy atom. The third-order valence-electron chi connectivity index (χ3n) is 1.53. The number of H-pyrrole nitrogens is 1. The fourth-order valence-electron chi connectivity index (χ4n) is 0.782. The van der Waals surface area contributed by atoms with Crippen molar-refractivity contribution in [3.05, 3.63) is 15.5 Å². The van der Waals surface area contributed by atoms with Crippen molar-refractivity contribution in [1.29, 1.82) is 0 Å². The second kappa shape index (κ2) is 2.92. The molecule has 1 N–H and O–H groups in total. The third-order valence-corrected chi connectivity index (χ3v) is 2.35. The highest BCUT2D eigenvalue weighted by Gasteiger charge is 2.23. The van der Waals surface area contributed by atoms with Crippen LogP contribution in [0.2, 0.25) is 0 Å². The van der Waals surface area contributed by atoms with Crippen molar-refractivity contribution in [3.63, 3.8) is 0 Å². The Morgan fingerprint density at radius 2 is 2.36 bits per heavy atom. The fraction of sp³-hybridized carbons (Fsp3) is 0.429. The maximum absolute atomic E-state index is 10.6. The van der Waals surface area contributed by atoms with Crippen molar-refractivity contribution in [2.24, 2.45) is 0 Å². The number of hydrogen-bond acceptors (Lipinski definition) is 2. The average Bonchev–Trinajstić information content (AvgIpc) is 2.36.